The monoisotopic (exact) mass is 512 g/mol. The van der Waals surface area contributed by atoms with Crippen molar-refractivity contribution in [1.82, 2.24) is 30.5 Å². The number of carbonyl (C=O) groups excluding carboxylic acids is 1. The quantitative estimate of drug-likeness (QED) is 0.322. The number of aryl methyl sites for hydroxylation is 2. The number of rotatable bonds is 8. The van der Waals surface area contributed by atoms with E-state index < -0.39 is 0 Å². The van der Waals surface area contributed by atoms with Crippen molar-refractivity contribution >= 4 is 23.4 Å². The summed E-state index contributed by atoms with van der Waals surface area (Å²) in [5.41, 5.74) is 3.71. The molecule has 0 bridgehead atoms. The van der Waals surface area contributed by atoms with Crippen molar-refractivity contribution in [1.29, 1.82) is 0 Å². The van der Waals surface area contributed by atoms with Crippen molar-refractivity contribution in [2.75, 3.05) is 30.4 Å². The highest BCUT2D eigenvalue weighted by atomic mass is 16.5. The SMILES string of the molecule is COc1ccc(CNC(=O)C2CCN(c3ccc(-c4nc(C)cc(Nc5cc(C)[nH]n5)n4)cn3)CC2)cc1. The highest BCUT2D eigenvalue weighted by Gasteiger charge is 2.25. The van der Waals surface area contributed by atoms with Crippen LogP contribution in [0, 0.1) is 19.8 Å². The van der Waals surface area contributed by atoms with Gasteiger partial charge in [-0.05, 0) is 56.5 Å². The zero-order chi connectivity index (χ0) is 26.5. The van der Waals surface area contributed by atoms with E-state index >= 15 is 0 Å². The maximum atomic E-state index is 12.7. The lowest BCUT2D eigenvalue weighted by Crippen LogP contribution is -2.40. The molecule has 3 aromatic heterocycles. The largest absolute Gasteiger partial charge is 0.497 e. The van der Waals surface area contributed by atoms with Gasteiger partial charge < -0.3 is 20.3 Å². The zero-order valence-corrected chi connectivity index (χ0v) is 21.9. The van der Waals surface area contributed by atoms with E-state index in [0.29, 0.717) is 24.0 Å². The van der Waals surface area contributed by atoms with Crippen LogP contribution in [0.25, 0.3) is 11.4 Å². The lowest BCUT2D eigenvalue weighted by atomic mass is 9.95. The highest BCUT2D eigenvalue weighted by molar-refractivity contribution is 5.79. The number of pyridine rings is 1. The number of H-pyrrole nitrogens is 1. The molecular formula is C28H32N8O2. The Morgan fingerprint density at radius 1 is 1.05 bits per heavy atom. The number of aromatic amines is 1. The second-order valence-electron chi connectivity index (χ2n) is 9.51. The maximum absolute atomic E-state index is 12.7. The van der Waals surface area contributed by atoms with Crippen LogP contribution in [0.15, 0.2) is 54.7 Å². The number of anilines is 3. The van der Waals surface area contributed by atoms with Gasteiger partial charge in [-0.3, -0.25) is 9.89 Å². The highest BCUT2D eigenvalue weighted by Crippen LogP contribution is 2.25. The molecule has 38 heavy (non-hydrogen) atoms. The Labute approximate surface area is 221 Å². The molecule has 1 aliphatic heterocycles. The third-order valence-corrected chi connectivity index (χ3v) is 6.64. The third kappa shape index (κ3) is 6.08. The molecule has 10 heteroatoms. The second kappa shape index (κ2) is 11.3. The normalized spacial score (nSPS) is 13.8. The van der Waals surface area contributed by atoms with Gasteiger partial charge in [-0.15, -0.1) is 0 Å². The van der Waals surface area contributed by atoms with Crippen LogP contribution in [0.1, 0.15) is 29.8 Å². The Morgan fingerprint density at radius 3 is 2.50 bits per heavy atom. The summed E-state index contributed by atoms with van der Waals surface area (Å²) in [6.45, 7) is 5.97. The smallest absolute Gasteiger partial charge is 0.223 e. The maximum Gasteiger partial charge on any atom is 0.223 e. The van der Waals surface area contributed by atoms with Crippen LogP contribution in [0.4, 0.5) is 17.5 Å². The van der Waals surface area contributed by atoms with Gasteiger partial charge in [-0.25, -0.2) is 15.0 Å². The standard InChI is InChI=1S/C28H32N8O2/c1-18-14-24(32-25-15-19(2)34-35-25)33-27(31-18)22-6-9-26(29-17-22)36-12-10-21(11-13-36)28(37)30-16-20-4-7-23(38-3)8-5-20/h4-9,14-15,17,21H,10-13,16H2,1-3H3,(H,30,37)(H2,31,32,33,34,35). The summed E-state index contributed by atoms with van der Waals surface area (Å²) in [6.07, 6.45) is 3.39. The summed E-state index contributed by atoms with van der Waals surface area (Å²) < 4.78 is 5.19. The molecule has 1 saturated heterocycles. The van der Waals surface area contributed by atoms with Crippen LogP contribution in [0.3, 0.4) is 0 Å². The minimum atomic E-state index is 0.00805. The van der Waals surface area contributed by atoms with Crippen molar-refractivity contribution in [3.63, 3.8) is 0 Å². The van der Waals surface area contributed by atoms with Gasteiger partial charge in [0.2, 0.25) is 5.91 Å². The molecule has 0 unspecified atom stereocenters. The average molecular weight is 513 g/mol. The Bertz CT molecular complexity index is 1380. The Hall–Kier alpha value is -4.47. The molecule has 0 aliphatic carbocycles. The summed E-state index contributed by atoms with van der Waals surface area (Å²) in [7, 11) is 1.64. The number of carbonyl (C=O) groups is 1. The summed E-state index contributed by atoms with van der Waals surface area (Å²) in [4.78, 5) is 28.9. The Kier molecular flexibility index (Phi) is 7.48. The summed E-state index contributed by atoms with van der Waals surface area (Å²) in [5, 5.41) is 13.4. The number of hydrogen-bond acceptors (Lipinski definition) is 8. The molecule has 0 radical (unpaired) electrons. The fourth-order valence-corrected chi connectivity index (χ4v) is 4.53. The number of amides is 1. The van der Waals surface area contributed by atoms with Crippen LogP contribution < -0.4 is 20.3 Å². The van der Waals surface area contributed by atoms with Crippen LogP contribution >= 0.6 is 0 Å². The first-order valence-electron chi connectivity index (χ1n) is 12.7. The first-order valence-corrected chi connectivity index (χ1v) is 12.7. The van der Waals surface area contributed by atoms with Crippen LogP contribution in [0.2, 0.25) is 0 Å². The molecule has 4 heterocycles. The molecule has 196 valence electrons. The van der Waals surface area contributed by atoms with E-state index in [1.165, 1.54) is 0 Å². The minimum absolute atomic E-state index is 0.00805. The number of hydrogen-bond donors (Lipinski definition) is 3. The van der Waals surface area contributed by atoms with Crippen LogP contribution in [0.5, 0.6) is 5.75 Å². The van der Waals surface area contributed by atoms with Gasteiger partial charge in [-0.2, -0.15) is 5.10 Å². The molecular weight excluding hydrogens is 480 g/mol. The number of aromatic nitrogens is 5. The predicted octanol–water partition coefficient (Wildman–Crippen LogP) is 4.16. The molecule has 4 aromatic rings. The molecule has 3 N–H and O–H groups in total. The molecule has 1 fully saturated rings. The molecule has 0 saturated carbocycles. The predicted molar refractivity (Wildman–Crippen MR) is 146 cm³/mol. The molecule has 5 rings (SSSR count). The number of ether oxygens (including phenoxy) is 1. The number of nitrogens with one attached hydrogen (secondary N) is 3. The first-order chi connectivity index (χ1) is 18.5. The van der Waals surface area contributed by atoms with Crippen LogP contribution in [-0.2, 0) is 11.3 Å². The number of methoxy groups -OCH3 is 1. The summed E-state index contributed by atoms with van der Waals surface area (Å²) >= 11 is 0. The van der Waals surface area contributed by atoms with E-state index in [4.69, 9.17) is 4.74 Å². The number of piperidine rings is 1. The van der Waals surface area contributed by atoms with Gasteiger partial charge >= 0.3 is 0 Å². The number of benzene rings is 1. The average Bonchev–Trinajstić information content (AvgIpc) is 3.36. The fourth-order valence-electron chi connectivity index (χ4n) is 4.53. The molecule has 1 amide bonds. The van der Waals surface area contributed by atoms with E-state index in [1.807, 2.05) is 62.4 Å². The molecule has 1 aliphatic rings. The lowest BCUT2D eigenvalue weighted by Gasteiger charge is -2.32. The van der Waals surface area contributed by atoms with E-state index in [1.54, 1.807) is 13.3 Å². The van der Waals surface area contributed by atoms with Gasteiger partial charge in [0, 0.05) is 60.8 Å². The van der Waals surface area contributed by atoms with Crippen molar-refractivity contribution < 1.29 is 9.53 Å². The molecule has 0 spiro atoms. The van der Waals surface area contributed by atoms with Crippen molar-refractivity contribution in [2.45, 2.75) is 33.2 Å². The van der Waals surface area contributed by atoms with E-state index in [0.717, 1.165) is 60.0 Å². The van der Waals surface area contributed by atoms with Gasteiger partial charge in [-0.1, -0.05) is 12.1 Å². The van der Waals surface area contributed by atoms with Gasteiger partial charge in [0.15, 0.2) is 11.6 Å². The second-order valence-corrected chi connectivity index (χ2v) is 9.51. The van der Waals surface area contributed by atoms with Gasteiger partial charge in [0.05, 0.1) is 7.11 Å². The number of nitrogens with zero attached hydrogens (tertiary/aromatic N) is 5. The van der Waals surface area contributed by atoms with Crippen LogP contribution in [-0.4, -0.2) is 51.3 Å². The Balaban J connectivity index is 1.16. The first kappa shape index (κ1) is 25.2. The molecule has 10 nitrogen and oxygen atoms in total. The Morgan fingerprint density at radius 2 is 1.84 bits per heavy atom. The molecule has 0 atom stereocenters. The fraction of sp³-hybridized carbons (Fsp3) is 0.321. The van der Waals surface area contributed by atoms with E-state index in [9.17, 15) is 4.79 Å². The summed E-state index contributed by atoms with van der Waals surface area (Å²) in [6, 6.07) is 15.5. The zero-order valence-electron chi connectivity index (χ0n) is 21.9. The van der Waals surface area contributed by atoms with Gasteiger partial charge in [0.25, 0.3) is 0 Å². The summed E-state index contributed by atoms with van der Waals surface area (Å²) in [5.74, 6) is 3.80. The minimum Gasteiger partial charge on any atom is -0.497 e. The van der Waals surface area contributed by atoms with E-state index in [-0.39, 0.29) is 11.8 Å². The molecule has 1 aromatic carbocycles. The van der Waals surface area contributed by atoms with Crippen molar-refractivity contribution in [3.05, 3.63) is 71.7 Å². The van der Waals surface area contributed by atoms with Crippen molar-refractivity contribution in [3.8, 4) is 17.1 Å². The lowest BCUT2D eigenvalue weighted by molar-refractivity contribution is -0.125. The topological polar surface area (TPSA) is 121 Å². The third-order valence-electron chi connectivity index (χ3n) is 6.64. The van der Waals surface area contributed by atoms with Gasteiger partial charge in [0.1, 0.15) is 17.4 Å². The van der Waals surface area contributed by atoms with E-state index in [2.05, 4.69) is 40.7 Å². The van der Waals surface area contributed by atoms with Crippen molar-refractivity contribution in [2.24, 2.45) is 5.92 Å².